The number of nitrogens with zero attached hydrogens (tertiary/aromatic N) is 4. The summed E-state index contributed by atoms with van der Waals surface area (Å²) >= 11 is 0. The molecule has 3 rings (SSSR count). The number of alkyl halides is 3. The van der Waals surface area contributed by atoms with Crippen molar-refractivity contribution in [2.75, 3.05) is 12.4 Å². The Balaban J connectivity index is 1.98. The largest absolute Gasteiger partial charge is 0.409 e. The van der Waals surface area contributed by atoms with Crippen LogP contribution in [0.2, 0.25) is 0 Å². The highest BCUT2D eigenvalue weighted by Crippen LogP contribution is 2.31. The highest BCUT2D eigenvalue weighted by Gasteiger charge is 2.30. The molecule has 2 aromatic rings. The zero-order valence-corrected chi connectivity index (χ0v) is 16.1. The molecule has 1 saturated carbocycles. The van der Waals surface area contributed by atoms with Crippen molar-refractivity contribution in [3.63, 3.8) is 0 Å². The van der Waals surface area contributed by atoms with Crippen molar-refractivity contribution >= 4 is 15.6 Å². The zero-order chi connectivity index (χ0) is 20.4. The number of benzene rings is 1. The summed E-state index contributed by atoms with van der Waals surface area (Å²) in [6.45, 7) is -1.35. The quantitative estimate of drug-likeness (QED) is 0.669. The number of anilines is 1. The van der Waals surface area contributed by atoms with Crippen LogP contribution in [0, 0.1) is 4.78 Å². The number of aromatic nitrogens is 4. The third-order valence-electron chi connectivity index (χ3n) is 4.59. The van der Waals surface area contributed by atoms with Crippen molar-refractivity contribution in [2.24, 2.45) is 0 Å². The minimum atomic E-state index is -4.47. The lowest BCUT2D eigenvalue weighted by atomic mass is 9.95. The summed E-state index contributed by atoms with van der Waals surface area (Å²) < 4.78 is 60.5. The standard InChI is InChI=1S/C16H22F3N7OS/c1-21-28(20,27)12-7-8-14(22-11-5-3-2-4-6-11)13(9-12)15-23-25-26(24-15)10-16(17,18)19/h7-9,11,22H,2-6,10H2,1H3,(H2,20,21,27). The molecule has 1 heterocycles. The molecule has 8 nitrogen and oxygen atoms in total. The van der Waals surface area contributed by atoms with Crippen LogP contribution in [0.5, 0.6) is 0 Å². The third-order valence-corrected chi connectivity index (χ3v) is 6.08. The Morgan fingerprint density at radius 3 is 2.64 bits per heavy atom. The van der Waals surface area contributed by atoms with Crippen molar-refractivity contribution in [3.05, 3.63) is 18.2 Å². The van der Waals surface area contributed by atoms with E-state index in [9.17, 15) is 17.4 Å². The van der Waals surface area contributed by atoms with Crippen molar-refractivity contribution < 1.29 is 17.4 Å². The van der Waals surface area contributed by atoms with Crippen LogP contribution in [0.1, 0.15) is 32.1 Å². The zero-order valence-electron chi connectivity index (χ0n) is 15.3. The first-order chi connectivity index (χ1) is 13.2. The fourth-order valence-electron chi connectivity index (χ4n) is 3.18. The summed E-state index contributed by atoms with van der Waals surface area (Å²) in [6, 6.07) is 4.91. The molecule has 154 valence electrons. The molecule has 0 saturated heterocycles. The SMILES string of the molecule is CNS(=N)(=O)c1ccc(NC2CCCCC2)c(-c2nnn(CC(F)(F)F)n2)c1. The van der Waals surface area contributed by atoms with Gasteiger partial charge in [0.15, 0.2) is 6.54 Å². The second-order valence-electron chi connectivity index (χ2n) is 6.71. The van der Waals surface area contributed by atoms with Crippen molar-refractivity contribution in [1.29, 1.82) is 4.78 Å². The van der Waals surface area contributed by atoms with Gasteiger partial charge in [-0.1, -0.05) is 19.3 Å². The highest BCUT2D eigenvalue weighted by molar-refractivity contribution is 7.90. The van der Waals surface area contributed by atoms with Crippen molar-refractivity contribution in [1.82, 2.24) is 24.9 Å². The summed E-state index contributed by atoms with van der Waals surface area (Å²) in [6.07, 6.45) is 0.893. The molecule has 1 fully saturated rings. The van der Waals surface area contributed by atoms with Gasteiger partial charge in [0.05, 0.1) is 4.90 Å². The van der Waals surface area contributed by atoms with Gasteiger partial charge in [-0.3, -0.25) is 0 Å². The molecule has 1 aliphatic rings. The Kier molecular flexibility index (Phi) is 5.89. The Labute approximate surface area is 161 Å². The predicted octanol–water partition coefficient (Wildman–Crippen LogP) is 3.19. The minimum Gasteiger partial charge on any atom is -0.382 e. The second-order valence-corrected chi connectivity index (χ2v) is 8.70. The predicted molar refractivity (Wildman–Crippen MR) is 98.0 cm³/mol. The maximum Gasteiger partial charge on any atom is 0.409 e. The van der Waals surface area contributed by atoms with Crippen molar-refractivity contribution in [3.8, 4) is 11.4 Å². The number of halogens is 3. The molecule has 1 atom stereocenters. The Bertz CT molecular complexity index is 921. The molecule has 1 aromatic heterocycles. The van der Waals surface area contributed by atoms with Crippen LogP contribution in [0.3, 0.4) is 0 Å². The second kappa shape index (κ2) is 8.03. The fraction of sp³-hybridized carbons (Fsp3) is 0.562. The van der Waals surface area contributed by atoms with E-state index in [-0.39, 0.29) is 16.8 Å². The lowest BCUT2D eigenvalue weighted by molar-refractivity contribution is -0.145. The maximum atomic E-state index is 12.6. The molecule has 1 aromatic carbocycles. The van der Waals surface area contributed by atoms with Crippen LogP contribution < -0.4 is 10.0 Å². The highest BCUT2D eigenvalue weighted by atomic mass is 32.2. The first-order valence-electron chi connectivity index (χ1n) is 8.91. The number of nitrogens with one attached hydrogen (secondary N) is 3. The molecule has 0 radical (unpaired) electrons. The molecule has 28 heavy (non-hydrogen) atoms. The van der Waals surface area contributed by atoms with Gasteiger partial charge in [0.1, 0.15) is 9.92 Å². The number of hydrogen-bond acceptors (Lipinski definition) is 6. The van der Waals surface area contributed by atoms with Crippen LogP contribution in [0.25, 0.3) is 11.4 Å². The van der Waals surface area contributed by atoms with E-state index in [0.717, 1.165) is 25.7 Å². The van der Waals surface area contributed by atoms with E-state index < -0.39 is 22.6 Å². The van der Waals surface area contributed by atoms with Gasteiger partial charge in [0.2, 0.25) is 5.82 Å². The summed E-state index contributed by atoms with van der Waals surface area (Å²) in [7, 11) is -1.84. The average molecular weight is 417 g/mol. The number of hydrogen-bond donors (Lipinski definition) is 3. The van der Waals surface area contributed by atoms with Gasteiger partial charge in [0.25, 0.3) is 0 Å². The normalized spacial score (nSPS) is 18.0. The Hall–Kier alpha value is -2.21. The summed E-state index contributed by atoms with van der Waals surface area (Å²) in [5, 5.41) is 14.4. The van der Waals surface area contributed by atoms with Gasteiger partial charge < -0.3 is 5.32 Å². The molecule has 0 aliphatic heterocycles. The van der Waals surface area contributed by atoms with Crippen molar-refractivity contribution in [2.45, 2.75) is 55.8 Å². The summed E-state index contributed by atoms with van der Waals surface area (Å²) in [5.41, 5.74) is 0.986. The molecular formula is C16H22F3N7OS. The van der Waals surface area contributed by atoms with Gasteiger partial charge in [-0.05, 0) is 43.3 Å². The monoisotopic (exact) mass is 417 g/mol. The number of tetrazole rings is 1. The number of rotatable bonds is 6. The molecule has 12 heteroatoms. The van der Waals surface area contributed by atoms with Gasteiger partial charge >= 0.3 is 6.18 Å². The lowest BCUT2D eigenvalue weighted by Crippen LogP contribution is -2.23. The van der Waals surface area contributed by atoms with Crippen LogP contribution in [0.15, 0.2) is 23.1 Å². The van der Waals surface area contributed by atoms with E-state index >= 15 is 0 Å². The van der Waals surface area contributed by atoms with E-state index in [1.807, 2.05) is 0 Å². The molecular weight excluding hydrogens is 395 g/mol. The average Bonchev–Trinajstić information content (AvgIpc) is 3.09. The van der Waals surface area contributed by atoms with Gasteiger partial charge in [-0.2, -0.15) is 18.0 Å². The first-order valence-corrected chi connectivity index (χ1v) is 10.5. The molecule has 0 amide bonds. The van der Waals surface area contributed by atoms with Gasteiger partial charge in [-0.25, -0.2) is 13.7 Å². The topological polar surface area (TPSA) is 109 Å². The van der Waals surface area contributed by atoms with Crippen LogP contribution in [-0.2, 0) is 16.5 Å². The van der Waals surface area contributed by atoms with Gasteiger partial charge in [-0.15, -0.1) is 10.2 Å². The molecule has 1 unspecified atom stereocenters. The summed E-state index contributed by atoms with van der Waals surface area (Å²) in [5.74, 6) is -0.0179. The van der Waals surface area contributed by atoms with Gasteiger partial charge in [0, 0.05) is 17.3 Å². The Morgan fingerprint density at radius 2 is 2.00 bits per heavy atom. The molecule has 0 bridgehead atoms. The van der Waals surface area contributed by atoms with E-state index in [4.69, 9.17) is 4.78 Å². The first kappa shape index (κ1) is 20.5. The fourth-order valence-corrected chi connectivity index (χ4v) is 3.96. The lowest BCUT2D eigenvalue weighted by Gasteiger charge is -2.25. The molecule has 3 N–H and O–H groups in total. The smallest absolute Gasteiger partial charge is 0.382 e. The van der Waals surface area contributed by atoms with E-state index in [1.165, 1.54) is 19.5 Å². The summed E-state index contributed by atoms with van der Waals surface area (Å²) in [4.78, 5) is 0.661. The van der Waals surface area contributed by atoms with Crippen LogP contribution in [-0.4, -0.2) is 43.7 Å². The maximum absolute atomic E-state index is 12.6. The molecule has 1 aliphatic carbocycles. The van der Waals surface area contributed by atoms with E-state index in [0.29, 0.717) is 16.0 Å². The van der Waals surface area contributed by atoms with E-state index in [1.54, 1.807) is 12.1 Å². The third kappa shape index (κ3) is 4.98. The molecule has 0 spiro atoms. The van der Waals surface area contributed by atoms with Crippen LogP contribution >= 0.6 is 0 Å². The Morgan fingerprint density at radius 1 is 1.29 bits per heavy atom. The van der Waals surface area contributed by atoms with Crippen LogP contribution in [0.4, 0.5) is 18.9 Å². The van der Waals surface area contributed by atoms with E-state index in [2.05, 4.69) is 25.4 Å². The minimum absolute atomic E-state index is 0.0179.